The Morgan fingerprint density at radius 2 is 1.45 bits per heavy atom. The van der Waals surface area contributed by atoms with E-state index in [0.717, 1.165) is 25.7 Å². The fraction of sp³-hybridized carbons (Fsp3) is 0.333. The van der Waals surface area contributed by atoms with Gasteiger partial charge in [0.05, 0.1) is 11.1 Å². The van der Waals surface area contributed by atoms with Crippen LogP contribution in [0.4, 0.5) is 0 Å². The topological polar surface area (TPSA) is 52.6 Å². The van der Waals surface area contributed by atoms with Crippen molar-refractivity contribution in [3.8, 4) is 0 Å². The van der Waals surface area contributed by atoms with Crippen molar-refractivity contribution < 1.29 is 19.1 Å². The largest absolute Gasteiger partial charge is 0.455 e. The fourth-order valence-corrected chi connectivity index (χ4v) is 5.38. The van der Waals surface area contributed by atoms with Gasteiger partial charge in [0.15, 0.2) is 0 Å². The molecule has 0 aliphatic heterocycles. The van der Waals surface area contributed by atoms with Gasteiger partial charge in [-0.3, -0.25) is 0 Å². The highest BCUT2D eigenvalue weighted by Crippen LogP contribution is 2.50. The number of fused-ring (bicyclic) bond motifs is 2. The van der Waals surface area contributed by atoms with Gasteiger partial charge >= 0.3 is 11.9 Å². The van der Waals surface area contributed by atoms with Crippen LogP contribution in [0.1, 0.15) is 52.8 Å². The molecule has 5 rings (SSSR count). The molecule has 0 amide bonds. The number of carbonyl (C=O) groups is 2. The second-order valence-electron chi connectivity index (χ2n) is 8.58. The molecule has 1 saturated carbocycles. The third kappa shape index (κ3) is 3.95. The lowest BCUT2D eigenvalue weighted by Gasteiger charge is -2.33. The molecule has 0 radical (unpaired) electrons. The summed E-state index contributed by atoms with van der Waals surface area (Å²) in [5.41, 5.74) is 3.94. The van der Waals surface area contributed by atoms with Crippen LogP contribution >= 0.6 is 0 Å². The second kappa shape index (κ2) is 8.54. The SMILES string of the molecule is O=C(OC1CC2C3=C(C=CCC3)CCC2C1OC(=O)c1ccccc1)c1ccccc1. The van der Waals surface area contributed by atoms with E-state index in [1.54, 1.807) is 24.3 Å². The zero-order valence-electron chi connectivity index (χ0n) is 17.4. The average Bonchev–Trinajstić information content (AvgIpc) is 3.17. The van der Waals surface area contributed by atoms with E-state index in [1.807, 2.05) is 36.4 Å². The summed E-state index contributed by atoms with van der Waals surface area (Å²) in [4.78, 5) is 25.7. The summed E-state index contributed by atoms with van der Waals surface area (Å²) in [6.45, 7) is 0. The normalized spacial score (nSPS) is 26.7. The lowest BCUT2D eigenvalue weighted by Crippen LogP contribution is -2.36. The van der Waals surface area contributed by atoms with Gasteiger partial charge in [0, 0.05) is 5.92 Å². The Kier molecular flexibility index (Phi) is 5.46. The van der Waals surface area contributed by atoms with Gasteiger partial charge in [-0.25, -0.2) is 9.59 Å². The van der Waals surface area contributed by atoms with Crippen molar-refractivity contribution in [1.29, 1.82) is 0 Å². The maximum Gasteiger partial charge on any atom is 0.338 e. The highest BCUT2D eigenvalue weighted by molar-refractivity contribution is 5.90. The van der Waals surface area contributed by atoms with E-state index in [2.05, 4.69) is 12.2 Å². The van der Waals surface area contributed by atoms with Crippen LogP contribution in [0, 0.1) is 11.8 Å². The molecule has 3 aliphatic rings. The lowest BCUT2D eigenvalue weighted by atomic mass is 9.73. The van der Waals surface area contributed by atoms with Crippen LogP contribution in [0.3, 0.4) is 0 Å². The molecule has 4 unspecified atom stereocenters. The van der Waals surface area contributed by atoms with Gasteiger partial charge in [-0.2, -0.15) is 0 Å². The Labute approximate surface area is 182 Å². The van der Waals surface area contributed by atoms with Gasteiger partial charge in [0.1, 0.15) is 12.2 Å². The lowest BCUT2D eigenvalue weighted by molar-refractivity contribution is -0.0367. The van der Waals surface area contributed by atoms with Crippen molar-refractivity contribution >= 4 is 11.9 Å². The summed E-state index contributed by atoms with van der Waals surface area (Å²) < 4.78 is 12.0. The first-order chi connectivity index (χ1) is 15.2. The number of allylic oxidation sites excluding steroid dienone is 4. The predicted molar refractivity (Wildman–Crippen MR) is 118 cm³/mol. The summed E-state index contributed by atoms with van der Waals surface area (Å²) in [7, 11) is 0. The Balaban J connectivity index is 1.41. The monoisotopic (exact) mass is 414 g/mol. The number of esters is 2. The molecule has 0 heterocycles. The molecule has 0 saturated heterocycles. The molecule has 0 bridgehead atoms. The number of rotatable bonds is 4. The van der Waals surface area contributed by atoms with Crippen LogP contribution in [-0.2, 0) is 9.47 Å². The van der Waals surface area contributed by atoms with Gasteiger partial charge in [0.25, 0.3) is 0 Å². The molecule has 0 spiro atoms. The minimum absolute atomic E-state index is 0.187. The molecule has 31 heavy (non-hydrogen) atoms. The maximum absolute atomic E-state index is 12.9. The van der Waals surface area contributed by atoms with Crippen LogP contribution in [0.25, 0.3) is 0 Å². The number of hydrogen-bond acceptors (Lipinski definition) is 4. The average molecular weight is 415 g/mol. The molecular weight excluding hydrogens is 388 g/mol. The summed E-state index contributed by atoms with van der Waals surface area (Å²) in [6, 6.07) is 18.1. The van der Waals surface area contributed by atoms with Gasteiger partial charge in [-0.1, -0.05) is 54.1 Å². The van der Waals surface area contributed by atoms with E-state index >= 15 is 0 Å². The first kappa shape index (κ1) is 19.8. The molecule has 158 valence electrons. The Morgan fingerprint density at radius 3 is 2.13 bits per heavy atom. The molecule has 2 aromatic rings. The van der Waals surface area contributed by atoms with E-state index < -0.39 is 12.2 Å². The van der Waals surface area contributed by atoms with E-state index in [0.29, 0.717) is 23.5 Å². The minimum atomic E-state index is -0.437. The molecule has 0 N–H and O–H groups in total. The first-order valence-electron chi connectivity index (χ1n) is 11.1. The highest BCUT2D eigenvalue weighted by Gasteiger charge is 2.50. The smallest absolute Gasteiger partial charge is 0.338 e. The van der Waals surface area contributed by atoms with Crippen molar-refractivity contribution in [2.45, 2.75) is 44.3 Å². The summed E-state index contributed by atoms with van der Waals surface area (Å²) in [5, 5.41) is 0. The predicted octanol–water partition coefficient (Wildman–Crippen LogP) is 5.51. The molecular formula is C27H26O4. The summed E-state index contributed by atoms with van der Waals surface area (Å²) in [5.74, 6) is -0.222. The summed E-state index contributed by atoms with van der Waals surface area (Å²) in [6.07, 6.45) is 8.38. The van der Waals surface area contributed by atoms with E-state index in [9.17, 15) is 9.59 Å². The number of ether oxygens (including phenoxy) is 2. The zero-order chi connectivity index (χ0) is 21.2. The first-order valence-corrected chi connectivity index (χ1v) is 11.1. The molecule has 3 aliphatic carbocycles. The van der Waals surface area contributed by atoms with Crippen molar-refractivity contribution in [3.63, 3.8) is 0 Å². The standard InChI is InChI=1S/C27H26O4/c28-26(19-10-3-1-4-11-19)30-24-17-23-21-14-8-7-9-18(21)15-16-22(23)25(24)31-27(29)20-12-5-2-6-13-20/h1-7,9-13,22-25H,8,14-17H2. The van der Waals surface area contributed by atoms with Gasteiger partial charge < -0.3 is 9.47 Å². The molecule has 0 aromatic heterocycles. The quantitative estimate of drug-likeness (QED) is 0.619. The molecule has 4 atom stereocenters. The fourth-order valence-electron chi connectivity index (χ4n) is 5.38. The third-order valence-electron chi connectivity index (χ3n) is 6.82. The molecule has 4 heteroatoms. The van der Waals surface area contributed by atoms with Crippen molar-refractivity contribution in [3.05, 3.63) is 95.1 Å². The van der Waals surface area contributed by atoms with Crippen molar-refractivity contribution in [2.24, 2.45) is 11.8 Å². The molecule has 1 fully saturated rings. The number of benzene rings is 2. The minimum Gasteiger partial charge on any atom is -0.455 e. The molecule has 4 nitrogen and oxygen atoms in total. The second-order valence-corrected chi connectivity index (χ2v) is 8.58. The number of carbonyl (C=O) groups excluding carboxylic acids is 2. The van der Waals surface area contributed by atoms with Gasteiger partial charge in [0.2, 0.25) is 0 Å². The van der Waals surface area contributed by atoms with Crippen LogP contribution in [0.5, 0.6) is 0 Å². The van der Waals surface area contributed by atoms with E-state index in [-0.39, 0.29) is 17.9 Å². The van der Waals surface area contributed by atoms with Crippen LogP contribution < -0.4 is 0 Å². The van der Waals surface area contributed by atoms with Crippen molar-refractivity contribution in [2.75, 3.05) is 0 Å². The van der Waals surface area contributed by atoms with E-state index in [1.165, 1.54) is 11.1 Å². The summed E-state index contributed by atoms with van der Waals surface area (Å²) >= 11 is 0. The maximum atomic E-state index is 12.9. The Bertz CT molecular complexity index is 1020. The third-order valence-corrected chi connectivity index (χ3v) is 6.82. The van der Waals surface area contributed by atoms with Gasteiger partial charge in [-0.15, -0.1) is 0 Å². The Morgan fingerprint density at radius 1 is 0.806 bits per heavy atom. The van der Waals surface area contributed by atoms with Crippen LogP contribution in [0.15, 0.2) is 84.0 Å². The Hall–Kier alpha value is -3.14. The van der Waals surface area contributed by atoms with Crippen LogP contribution in [0.2, 0.25) is 0 Å². The molecule has 2 aromatic carbocycles. The highest BCUT2D eigenvalue weighted by atomic mass is 16.6. The van der Waals surface area contributed by atoms with Gasteiger partial charge in [-0.05, 0) is 67.9 Å². The number of hydrogen-bond donors (Lipinski definition) is 0. The zero-order valence-corrected chi connectivity index (χ0v) is 17.4. The van der Waals surface area contributed by atoms with Crippen LogP contribution in [-0.4, -0.2) is 24.1 Å². The van der Waals surface area contributed by atoms with E-state index in [4.69, 9.17) is 9.47 Å². The van der Waals surface area contributed by atoms with Crippen molar-refractivity contribution in [1.82, 2.24) is 0 Å².